The average Bonchev–Trinajstić information content (AvgIpc) is 2.37. The van der Waals surface area contributed by atoms with Crippen molar-refractivity contribution in [1.82, 2.24) is 4.90 Å². The molecule has 0 atom stereocenters. The van der Waals surface area contributed by atoms with Gasteiger partial charge in [-0.2, -0.15) is 5.26 Å². The normalized spacial score (nSPS) is 17.9. The molecule has 1 amide bonds. The monoisotopic (exact) mass is 254 g/mol. The van der Waals surface area contributed by atoms with Gasteiger partial charge in [0.15, 0.2) is 0 Å². The van der Waals surface area contributed by atoms with Gasteiger partial charge in [0.25, 0.3) is 0 Å². The summed E-state index contributed by atoms with van der Waals surface area (Å²) in [5.74, 6) is -0.301. The molecule has 1 N–H and O–H groups in total. The highest BCUT2D eigenvalue weighted by molar-refractivity contribution is 5.77. The van der Waals surface area contributed by atoms with Crippen LogP contribution in [0.4, 0.5) is 4.79 Å². The second kappa shape index (κ2) is 6.24. The molecule has 0 spiro atoms. The lowest BCUT2D eigenvalue weighted by molar-refractivity contribution is -0.158. The molecule has 0 aliphatic carbocycles. The molecule has 0 bridgehead atoms. The zero-order valence-corrected chi connectivity index (χ0v) is 10.5. The first-order chi connectivity index (χ1) is 8.55. The van der Waals surface area contributed by atoms with E-state index in [-0.39, 0.29) is 12.4 Å². The molecule has 100 valence electrons. The van der Waals surface area contributed by atoms with Crippen molar-refractivity contribution < 1.29 is 19.4 Å². The molecule has 1 heterocycles. The van der Waals surface area contributed by atoms with E-state index in [2.05, 4.69) is 0 Å². The molecule has 0 unspecified atom stereocenters. The molecule has 1 saturated heterocycles. The van der Waals surface area contributed by atoms with Gasteiger partial charge in [-0.15, -0.1) is 0 Å². The number of carboxylic acid groups (broad SMARTS) is 1. The minimum atomic E-state index is -0.965. The minimum absolute atomic E-state index is 0.284. The number of hydrogen-bond acceptors (Lipinski definition) is 4. The molecule has 0 radical (unpaired) electrons. The lowest BCUT2D eigenvalue weighted by Gasteiger charge is -2.38. The summed E-state index contributed by atoms with van der Waals surface area (Å²) in [4.78, 5) is 24.1. The van der Waals surface area contributed by atoms with Gasteiger partial charge in [0.2, 0.25) is 0 Å². The van der Waals surface area contributed by atoms with Crippen molar-refractivity contribution in [2.45, 2.75) is 32.6 Å². The minimum Gasteiger partial charge on any atom is -0.466 e. The van der Waals surface area contributed by atoms with Gasteiger partial charge >= 0.3 is 12.1 Å². The summed E-state index contributed by atoms with van der Waals surface area (Å²) < 4.78 is 5.06. The van der Waals surface area contributed by atoms with Crippen LogP contribution in [0.2, 0.25) is 0 Å². The summed E-state index contributed by atoms with van der Waals surface area (Å²) in [6.07, 6.45) is 0.620. The summed E-state index contributed by atoms with van der Waals surface area (Å²) in [6.45, 7) is 2.68. The van der Waals surface area contributed by atoms with E-state index < -0.39 is 11.5 Å². The summed E-state index contributed by atoms with van der Waals surface area (Å²) in [5.41, 5.74) is -0.683. The van der Waals surface area contributed by atoms with E-state index in [4.69, 9.17) is 15.1 Å². The lowest BCUT2D eigenvalue weighted by Crippen LogP contribution is -2.46. The summed E-state index contributed by atoms with van der Waals surface area (Å²) in [7, 11) is 0. The molecule has 18 heavy (non-hydrogen) atoms. The number of carbonyl (C=O) groups is 2. The maximum atomic E-state index is 12.0. The smallest absolute Gasteiger partial charge is 0.407 e. The highest BCUT2D eigenvalue weighted by atomic mass is 16.5. The Morgan fingerprint density at radius 2 is 2.06 bits per heavy atom. The highest BCUT2D eigenvalue weighted by Crippen LogP contribution is 2.37. The van der Waals surface area contributed by atoms with Crippen LogP contribution >= 0.6 is 0 Å². The zero-order chi connectivity index (χ0) is 13.6. The number of likely N-dealkylation sites (tertiary alicyclic amines) is 1. The Hall–Kier alpha value is -1.77. The number of amides is 1. The Morgan fingerprint density at radius 3 is 2.50 bits per heavy atom. The molecule has 6 heteroatoms. The maximum absolute atomic E-state index is 12.0. The third-order valence-electron chi connectivity index (χ3n) is 3.41. The highest BCUT2D eigenvalue weighted by Gasteiger charge is 2.43. The van der Waals surface area contributed by atoms with Gasteiger partial charge in [0.1, 0.15) is 0 Å². The van der Waals surface area contributed by atoms with E-state index >= 15 is 0 Å². The number of esters is 1. The average molecular weight is 254 g/mol. The predicted octanol–water partition coefficient (Wildman–Crippen LogP) is 1.61. The van der Waals surface area contributed by atoms with Gasteiger partial charge in [-0.05, 0) is 26.2 Å². The first kappa shape index (κ1) is 14.3. The van der Waals surface area contributed by atoms with Crippen LogP contribution in [0.1, 0.15) is 32.6 Å². The van der Waals surface area contributed by atoms with E-state index in [1.54, 1.807) is 6.92 Å². The van der Waals surface area contributed by atoms with E-state index in [0.29, 0.717) is 39.0 Å². The van der Waals surface area contributed by atoms with Crippen molar-refractivity contribution >= 4 is 12.1 Å². The van der Waals surface area contributed by atoms with Crippen LogP contribution in [0, 0.1) is 16.7 Å². The number of piperidine rings is 1. The molecule has 6 nitrogen and oxygen atoms in total. The zero-order valence-electron chi connectivity index (χ0n) is 10.5. The first-order valence-electron chi connectivity index (χ1n) is 6.08. The first-order valence-corrected chi connectivity index (χ1v) is 6.08. The van der Waals surface area contributed by atoms with E-state index in [9.17, 15) is 9.59 Å². The van der Waals surface area contributed by atoms with Crippen LogP contribution in [0.25, 0.3) is 0 Å². The molecular weight excluding hydrogens is 236 g/mol. The van der Waals surface area contributed by atoms with Crippen LogP contribution in [0.3, 0.4) is 0 Å². The van der Waals surface area contributed by atoms with Crippen molar-refractivity contribution in [3.63, 3.8) is 0 Å². The van der Waals surface area contributed by atoms with E-state index in [0.717, 1.165) is 0 Å². The predicted molar refractivity (Wildman–Crippen MR) is 62.7 cm³/mol. The van der Waals surface area contributed by atoms with Gasteiger partial charge in [0, 0.05) is 19.5 Å². The van der Waals surface area contributed by atoms with E-state index in [1.165, 1.54) is 4.90 Å². The summed E-state index contributed by atoms with van der Waals surface area (Å²) in [5, 5.41) is 17.5. The SMILES string of the molecule is CCOC(=O)C1(CCC#N)CCN(C(=O)O)CC1. The standard InChI is InChI=1S/C12H18N2O4/c1-2-18-10(15)12(4-3-7-13)5-8-14(9-6-12)11(16)17/h2-6,8-9H2,1H3,(H,16,17). The van der Waals surface area contributed by atoms with Gasteiger partial charge in [-0.25, -0.2) is 4.79 Å². The fraction of sp³-hybridized carbons (Fsp3) is 0.750. The van der Waals surface area contributed by atoms with Crippen LogP contribution < -0.4 is 0 Å². The van der Waals surface area contributed by atoms with Gasteiger partial charge in [-0.1, -0.05) is 0 Å². The van der Waals surface area contributed by atoms with E-state index in [1.807, 2.05) is 6.07 Å². The Kier molecular flexibility index (Phi) is 4.95. The summed E-state index contributed by atoms with van der Waals surface area (Å²) in [6, 6.07) is 2.03. The van der Waals surface area contributed by atoms with Crippen LogP contribution in [-0.4, -0.2) is 41.8 Å². The fourth-order valence-corrected chi connectivity index (χ4v) is 2.26. The molecule has 1 rings (SSSR count). The second-order valence-corrected chi connectivity index (χ2v) is 4.43. The topological polar surface area (TPSA) is 90.6 Å². The van der Waals surface area contributed by atoms with Crippen molar-refractivity contribution in [2.75, 3.05) is 19.7 Å². The quantitative estimate of drug-likeness (QED) is 0.770. The molecule has 1 fully saturated rings. The van der Waals surface area contributed by atoms with Crippen molar-refractivity contribution in [2.24, 2.45) is 5.41 Å². The van der Waals surface area contributed by atoms with Crippen molar-refractivity contribution in [3.8, 4) is 6.07 Å². The number of hydrogen-bond donors (Lipinski definition) is 1. The molecule has 1 aliphatic heterocycles. The Morgan fingerprint density at radius 1 is 1.44 bits per heavy atom. The Labute approximate surface area is 106 Å². The molecule has 0 aromatic rings. The molecule has 0 aromatic carbocycles. The number of carbonyl (C=O) groups excluding carboxylic acids is 1. The summed E-state index contributed by atoms with van der Waals surface area (Å²) >= 11 is 0. The molecule has 0 saturated carbocycles. The van der Waals surface area contributed by atoms with Crippen molar-refractivity contribution in [3.05, 3.63) is 0 Å². The number of rotatable bonds is 4. The molecular formula is C12H18N2O4. The second-order valence-electron chi connectivity index (χ2n) is 4.43. The molecule has 0 aromatic heterocycles. The number of nitrogens with zero attached hydrogens (tertiary/aromatic N) is 2. The van der Waals surface area contributed by atoms with Crippen molar-refractivity contribution in [1.29, 1.82) is 5.26 Å². The number of nitriles is 1. The largest absolute Gasteiger partial charge is 0.466 e. The molecule has 1 aliphatic rings. The van der Waals surface area contributed by atoms with Gasteiger partial charge < -0.3 is 14.7 Å². The van der Waals surface area contributed by atoms with Gasteiger partial charge in [-0.3, -0.25) is 4.79 Å². The third kappa shape index (κ3) is 3.13. The Balaban J connectivity index is 2.73. The van der Waals surface area contributed by atoms with Crippen LogP contribution in [-0.2, 0) is 9.53 Å². The third-order valence-corrected chi connectivity index (χ3v) is 3.41. The maximum Gasteiger partial charge on any atom is 0.407 e. The van der Waals surface area contributed by atoms with Crippen LogP contribution in [0.15, 0.2) is 0 Å². The van der Waals surface area contributed by atoms with Gasteiger partial charge in [0.05, 0.1) is 18.1 Å². The number of ether oxygens (including phenoxy) is 1. The van der Waals surface area contributed by atoms with Crippen LogP contribution in [0.5, 0.6) is 0 Å². The fourth-order valence-electron chi connectivity index (χ4n) is 2.26. The lowest BCUT2D eigenvalue weighted by atomic mass is 9.75. The Bertz CT molecular complexity index is 354.